The number of rotatable bonds is 3. The van der Waals surface area contributed by atoms with E-state index in [-0.39, 0.29) is 0 Å². The molecule has 0 aromatic carbocycles. The topological polar surface area (TPSA) is 12.4 Å². The fourth-order valence-electron chi connectivity index (χ4n) is 1.32. The minimum Gasteiger partial charge on any atom is -0.265 e. The molecule has 11 heavy (non-hydrogen) atoms. The van der Waals surface area contributed by atoms with Gasteiger partial charge in [-0.3, -0.25) is 4.99 Å². The number of nitrogens with zero attached hydrogens (tertiary/aromatic N) is 1. The molecule has 1 aliphatic rings. The maximum absolute atomic E-state index is 4.38. The first-order valence-corrected chi connectivity index (χ1v) is 4.25. The zero-order valence-corrected chi connectivity index (χ0v) is 7.14. The first kappa shape index (κ1) is 8.25. The molecule has 0 bridgehead atoms. The van der Waals surface area contributed by atoms with Gasteiger partial charge in [-0.2, -0.15) is 0 Å². The van der Waals surface area contributed by atoms with Crippen molar-refractivity contribution in [3.63, 3.8) is 0 Å². The Labute approximate surface area is 68.5 Å². The van der Waals surface area contributed by atoms with Crippen LogP contribution in [0.1, 0.15) is 32.6 Å². The van der Waals surface area contributed by atoms with Crippen molar-refractivity contribution in [2.45, 2.75) is 32.6 Å². The predicted molar refractivity (Wildman–Crippen MR) is 49.9 cm³/mol. The molecule has 0 aromatic heterocycles. The normalized spacial score (nSPS) is 18.3. The van der Waals surface area contributed by atoms with Crippen LogP contribution in [-0.2, 0) is 0 Å². The first-order chi connectivity index (χ1) is 5.38. The molecule has 0 saturated carbocycles. The smallest absolute Gasteiger partial charge is 0.0431 e. The SMILES string of the molecule is C=CC1=C(/N=C\CC)CCC1. The second kappa shape index (κ2) is 4.12. The molecule has 0 aliphatic heterocycles. The lowest BCUT2D eigenvalue weighted by Crippen LogP contribution is -1.77. The Hall–Kier alpha value is -0.850. The van der Waals surface area contributed by atoms with Crippen molar-refractivity contribution < 1.29 is 0 Å². The summed E-state index contributed by atoms with van der Waals surface area (Å²) in [5.41, 5.74) is 2.59. The van der Waals surface area contributed by atoms with E-state index >= 15 is 0 Å². The quantitative estimate of drug-likeness (QED) is 0.547. The van der Waals surface area contributed by atoms with Crippen molar-refractivity contribution in [1.82, 2.24) is 0 Å². The number of allylic oxidation sites excluding steroid dienone is 3. The highest BCUT2D eigenvalue weighted by molar-refractivity contribution is 5.59. The Kier molecular flexibility index (Phi) is 3.09. The Morgan fingerprint density at radius 3 is 3.00 bits per heavy atom. The summed E-state index contributed by atoms with van der Waals surface area (Å²) in [6.07, 6.45) is 8.49. The van der Waals surface area contributed by atoms with Gasteiger partial charge in [0.2, 0.25) is 0 Å². The van der Waals surface area contributed by atoms with Crippen LogP contribution in [0.4, 0.5) is 0 Å². The average Bonchev–Trinajstić information content (AvgIpc) is 2.47. The Morgan fingerprint density at radius 2 is 2.36 bits per heavy atom. The van der Waals surface area contributed by atoms with Gasteiger partial charge in [-0.1, -0.05) is 19.6 Å². The van der Waals surface area contributed by atoms with Crippen molar-refractivity contribution in [2.75, 3.05) is 0 Å². The van der Waals surface area contributed by atoms with Gasteiger partial charge in [-0.15, -0.1) is 0 Å². The van der Waals surface area contributed by atoms with Crippen LogP contribution >= 0.6 is 0 Å². The molecular weight excluding hydrogens is 134 g/mol. The first-order valence-electron chi connectivity index (χ1n) is 4.25. The van der Waals surface area contributed by atoms with Crippen molar-refractivity contribution in [2.24, 2.45) is 4.99 Å². The fraction of sp³-hybridized carbons (Fsp3) is 0.500. The van der Waals surface area contributed by atoms with Crippen LogP contribution in [0.2, 0.25) is 0 Å². The summed E-state index contributed by atoms with van der Waals surface area (Å²) in [5.74, 6) is 0. The number of hydrogen-bond donors (Lipinski definition) is 0. The zero-order valence-electron chi connectivity index (χ0n) is 7.14. The van der Waals surface area contributed by atoms with Gasteiger partial charge in [0.25, 0.3) is 0 Å². The number of aliphatic imine (C=N–C) groups is 1. The minimum absolute atomic E-state index is 1.02. The molecule has 0 atom stereocenters. The molecule has 60 valence electrons. The van der Waals surface area contributed by atoms with E-state index in [0.717, 1.165) is 12.8 Å². The Morgan fingerprint density at radius 1 is 1.55 bits per heavy atom. The molecule has 0 radical (unpaired) electrons. The largest absolute Gasteiger partial charge is 0.265 e. The van der Waals surface area contributed by atoms with Crippen molar-refractivity contribution in [3.05, 3.63) is 23.9 Å². The lowest BCUT2D eigenvalue weighted by atomic mass is 10.2. The molecule has 0 heterocycles. The lowest BCUT2D eigenvalue weighted by molar-refractivity contribution is 0.894. The molecule has 0 spiro atoms. The maximum atomic E-state index is 4.38. The Balaban J connectivity index is 2.66. The monoisotopic (exact) mass is 149 g/mol. The summed E-state index contributed by atoms with van der Waals surface area (Å²) in [6, 6.07) is 0. The molecule has 1 rings (SSSR count). The van der Waals surface area contributed by atoms with Crippen LogP contribution in [0, 0.1) is 0 Å². The van der Waals surface area contributed by atoms with Crippen LogP contribution in [0.3, 0.4) is 0 Å². The van der Waals surface area contributed by atoms with Gasteiger partial charge < -0.3 is 0 Å². The van der Waals surface area contributed by atoms with E-state index in [1.54, 1.807) is 0 Å². The van der Waals surface area contributed by atoms with Crippen LogP contribution in [-0.4, -0.2) is 6.21 Å². The third-order valence-corrected chi connectivity index (χ3v) is 1.91. The van der Waals surface area contributed by atoms with Gasteiger partial charge in [0.05, 0.1) is 0 Å². The second-order valence-corrected chi connectivity index (χ2v) is 2.75. The summed E-state index contributed by atoms with van der Waals surface area (Å²) in [5, 5.41) is 0. The van der Waals surface area contributed by atoms with Gasteiger partial charge in [0.1, 0.15) is 0 Å². The van der Waals surface area contributed by atoms with E-state index in [1.807, 2.05) is 12.3 Å². The molecule has 0 N–H and O–H groups in total. The van der Waals surface area contributed by atoms with Crippen molar-refractivity contribution in [3.8, 4) is 0 Å². The summed E-state index contributed by atoms with van der Waals surface area (Å²) < 4.78 is 0. The van der Waals surface area contributed by atoms with Crippen LogP contribution in [0.15, 0.2) is 28.9 Å². The fourth-order valence-corrected chi connectivity index (χ4v) is 1.32. The molecular formula is C10H15N. The Bertz CT molecular complexity index is 199. The maximum Gasteiger partial charge on any atom is 0.0431 e. The number of hydrogen-bond acceptors (Lipinski definition) is 1. The lowest BCUT2D eigenvalue weighted by Gasteiger charge is -1.93. The van der Waals surface area contributed by atoms with E-state index in [1.165, 1.54) is 24.1 Å². The average molecular weight is 149 g/mol. The van der Waals surface area contributed by atoms with Gasteiger partial charge >= 0.3 is 0 Å². The molecule has 0 unspecified atom stereocenters. The zero-order chi connectivity index (χ0) is 8.10. The summed E-state index contributed by atoms with van der Waals surface area (Å²) in [4.78, 5) is 4.38. The highest BCUT2D eigenvalue weighted by Crippen LogP contribution is 2.26. The highest BCUT2D eigenvalue weighted by atomic mass is 14.7. The van der Waals surface area contributed by atoms with Gasteiger partial charge in [-0.05, 0) is 31.3 Å². The molecule has 1 nitrogen and oxygen atoms in total. The minimum atomic E-state index is 1.02. The standard InChI is InChI=1S/C10H15N/c1-3-8-11-10-7-5-6-9(10)4-2/h4,8H,2-3,5-7H2,1H3/b11-8-. The molecule has 1 aliphatic carbocycles. The van der Waals surface area contributed by atoms with E-state index in [0.29, 0.717) is 0 Å². The molecule has 0 amide bonds. The van der Waals surface area contributed by atoms with Gasteiger partial charge in [0.15, 0.2) is 0 Å². The molecule has 0 saturated heterocycles. The van der Waals surface area contributed by atoms with Crippen molar-refractivity contribution in [1.29, 1.82) is 0 Å². The van der Waals surface area contributed by atoms with E-state index in [2.05, 4.69) is 18.5 Å². The molecule has 1 heteroatoms. The highest BCUT2D eigenvalue weighted by Gasteiger charge is 2.09. The van der Waals surface area contributed by atoms with Gasteiger partial charge in [-0.25, -0.2) is 0 Å². The van der Waals surface area contributed by atoms with Crippen LogP contribution < -0.4 is 0 Å². The summed E-state index contributed by atoms with van der Waals surface area (Å²) in [6.45, 7) is 5.87. The summed E-state index contributed by atoms with van der Waals surface area (Å²) >= 11 is 0. The van der Waals surface area contributed by atoms with Crippen molar-refractivity contribution >= 4 is 6.21 Å². The summed E-state index contributed by atoms with van der Waals surface area (Å²) in [7, 11) is 0. The molecule has 0 fully saturated rings. The molecule has 0 aromatic rings. The second-order valence-electron chi connectivity index (χ2n) is 2.75. The van der Waals surface area contributed by atoms with E-state index in [4.69, 9.17) is 0 Å². The van der Waals surface area contributed by atoms with E-state index < -0.39 is 0 Å². The van der Waals surface area contributed by atoms with Gasteiger partial charge in [0, 0.05) is 11.9 Å². The third-order valence-electron chi connectivity index (χ3n) is 1.91. The predicted octanol–water partition coefficient (Wildman–Crippen LogP) is 3.09. The van der Waals surface area contributed by atoms with Crippen LogP contribution in [0.25, 0.3) is 0 Å². The van der Waals surface area contributed by atoms with E-state index in [9.17, 15) is 0 Å². The van der Waals surface area contributed by atoms with Crippen LogP contribution in [0.5, 0.6) is 0 Å². The third kappa shape index (κ3) is 2.04.